The summed E-state index contributed by atoms with van der Waals surface area (Å²) in [4.78, 5) is 50.4. The standard InChI is InChI=1S/C41H39ClF4N8O5/c1-39(2,22-48-34(56)35(57)49-28-13-7-24(8-14-28)25-5-4-6-30(19-25)58-3)21-47-33(55)31-16-15-29(20-32(31)43)50-36-51-37(53-38(52-36)59-23-41(44,45)46)54-40(17-18-40)26-9-11-27(42)12-10-26/h4-16,19-20H,17-18,21-23H2,1-3H3,(H,47,55)(H,48,56)(H,49,57)(H2,50,51,52,53,54). The Morgan fingerprint density at radius 3 is 2.14 bits per heavy atom. The molecule has 18 heteroatoms. The van der Waals surface area contributed by atoms with Gasteiger partial charge in [-0.25, -0.2) is 4.39 Å². The molecule has 5 aromatic rings. The van der Waals surface area contributed by atoms with Crippen molar-refractivity contribution in [3.05, 3.63) is 113 Å². The monoisotopic (exact) mass is 834 g/mol. The number of benzene rings is 4. The number of amides is 3. The zero-order valence-corrected chi connectivity index (χ0v) is 32.7. The second kappa shape index (κ2) is 17.6. The van der Waals surface area contributed by atoms with Crippen LogP contribution in [0.1, 0.15) is 42.6 Å². The summed E-state index contributed by atoms with van der Waals surface area (Å²) in [5.74, 6) is -3.07. The number of carbonyl (C=O) groups is 3. The first-order valence-electron chi connectivity index (χ1n) is 18.2. The number of nitrogens with zero attached hydrogens (tertiary/aromatic N) is 3. The number of alkyl halides is 3. The summed E-state index contributed by atoms with van der Waals surface area (Å²) in [5, 5.41) is 14.2. The summed E-state index contributed by atoms with van der Waals surface area (Å²) in [6.45, 7) is 1.81. The van der Waals surface area contributed by atoms with Crippen LogP contribution in [0.2, 0.25) is 5.02 Å². The summed E-state index contributed by atoms with van der Waals surface area (Å²) in [6.07, 6.45) is -3.30. The molecular weight excluding hydrogens is 796 g/mol. The maximum Gasteiger partial charge on any atom is 0.422 e. The third-order valence-electron chi connectivity index (χ3n) is 9.15. The zero-order chi connectivity index (χ0) is 42.4. The van der Waals surface area contributed by atoms with Crippen molar-refractivity contribution in [3.63, 3.8) is 0 Å². The quantitative estimate of drug-likeness (QED) is 0.0522. The van der Waals surface area contributed by atoms with E-state index in [1.165, 1.54) is 12.1 Å². The van der Waals surface area contributed by atoms with Crippen molar-refractivity contribution < 1.29 is 41.4 Å². The molecule has 5 N–H and O–H groups in total. The van der Waals surface area contributed by atoms with Gasteiger partial charge in [0, 0.05) is 29.5 Å². The summed E-state index contributed by atoms with van der Waals surface area (Å²) in [6, 6.07) is 24.4. The number of halogens is 5. The molecule has 1 aliphatic rings. The van der Waals surface area contributed by atoms with E-state index in [4.69, 9.17) is 21.1 Å². The predicted octanol–water partition coefficient (Wildman–Crippen LogP) is 7.64. The van der Waals surface area contributed by atoms with E-state index in [-0.39, 0.29) is 36.2 Å². The van der Waals surface area contributed by atoms with Gasteiger partial charge in [0.05, 0.1) is 18.2 Å². The lowest BCUT2D eigenvalue weighted by Gasteiger charge is -2.25. The summed E-state index contributed by atoms with van der Waals surface area (Å²) < 4.78 is 64.3. The molecule has 3 amide bonds. The Morgan fingerprint density at radius 2 is 1.47 bits per heavy atom. The molecule has 0 saturated heterocycles. The van der Waals surface area contributed by atoms with Gasteiger partial charge in [0.15, 0.2) is 6.61 Å². The van der Waals surface area contributed by atoms with E-state index in [2.05, 4.69) is 41.5 Å². The molecule has 0 radical (unpaired) electrons. The van der Waals surface area contributed by atoms with Gasteiger partial charge in [0.25, 0.3) is 5.91 Å². The third-order valence-corrected chi connectivity index (χ3v) is 9.41. The number of rotatable bonds is 15. The van der Waals surface area contributed by atoms with Crippen LogP contribution in [-0.4, -0.2) is 65.7 Å². The van der Waals surface area contributed by atoms with Crippen LogP contribution in [0.5, 0.6) is 11.8 Å². The Hall–Kier alpha value is -6.49. The van der Waals surface area contributed by atoms with E-state index in [1.54, 1.807) is 57.4 Å². The maximum atomic E-state index is 15.3. The second-order valence-electron chi connectivity index (χ2n) is 14.5. The number of carbonyl (C=O) groups excluding carboxylic acids is 3. The molecule has 0 aliphatic heterocycles. The highest BCUT2D eigenvalue weighted by atomic mass is 35.5. The van der Waals surface area contributed by atoms with Crippen LogP contribution in [0.4, 0.5) is 40.8 Å². The number of methoxy groups -OCH3 is 1. The Kier molecular flexibility index (Phi) is 12.5. The van der Waals surface area contributed by atoms with Gasteiger partial charge < -0.3 is 36.1 Å². The van der Waals surface area contributed by atoms with Crippen LogP contribution >= 0.6 is 11.6 Å². The highest BCUT2D eigenvalue weighted by molar-refractivity contribution is 6.39. The highest BCUT2D eigenvalue weighted by Gasteiger charge is 2.45. The van der Waals surface area contributed by atoms with Gasteiger partial charge in [-0.05, 0) is 89.5 Å². The van der Waals surface area contributed by atoms with Crippen molar-refractivity contribution in [2.75, 3.05) is 42.8 Å². The normalized spacial score (nSPS) is 13.2. The number of nitrogens with one attached hydrogen (secondary N) is 5. The molecule has 1 saturated carbocycles. The molecule has 1 fully saturated rings. The molecule has 0 bridgehead atoms. The van der Waals surface area contributed by atoms with Gasteiger partial charge in [-0.1, -0.05) is 61.8 Å². The van der Waals surface area contributed by atoms with Gasteiger partial charge in [-0.3, -0.25) is 14.4 Å². The van der Waals surface area contributed by atoms with Gasteiger partial charge in [0.2, 0.25) is 11.9 Å². The van der Waals surface area contributed by atoms with Crippen LogP contribution in [-0.2, 0) is 15.1 Å². The van der Waals surface area contributed by atoms with Gasteiger partial charge in [-0.15, -0.1) is 0 Å². The number of anilines is 4. The Labute approximate surface area is 341 Å². The smallest absolute Gasteiger partial charge is 0.422 e. The van der Waals surface area contributed by atoms with Gasteiger partial charge in [-0.2, -0.15) is 28.1 Å². The van der Waals surface area contributed by atoms with E-state index in [1.807, 2.05) is 36.4 Å². The minimum atomic E-state index is -4.66. The largest absolute Gasteiger partial charge is 0.497 e. The van der Waals surface area contributed by atoms with Crippen LogP contribution in [0.3, 0.4) is 0 Å². The first-order chi connectivity index (χ1) is 28.0. The molecule has 4 aromatic carbocycles. The van der Waals surface area contributed by atoms with Crippen molar-refractivity contribution in [3.8, 4) is 22.9 Å². The molecule has 13 nitrogen and oxygen atoms in total. The molecule has 1 heterocycles. The van der Waals surface area contributed by atoms with Crippen LogP contribution in [0.25, 0.3) is 11.1 Å². The summed E-state index contributed by atoms with van der Waals surface area (Å²) in [5.41, 5.74) is 1.50. The lowest BCUT2D eigenvalue weighted by Crippen LogP contribution is -2.45. The van der Waals surface area contributed by atoms with E-state index >= 15 is 4.39 Å². The van der Waals surface area contributed by atoms with Crippen LogP contribution in [0, 0.1) is 11.2 Å². The number of aromatic nitrogens is 3. The van der Waals surface area contributed by atoms with Gasteiger partial charge in [0.1, 0.15) is 11.6 Å². The van der Waals surface area contributed by atoms with E-state index < -0.39 is 53.3 Å². The molecule has 1 aliphatic carbocycles. The molecule has 0 unspecified atom stereocenters. The number of hydrogen-bond donors (Lipinski definition) is 5. The fourth-order valence-corrected chi connectivity index (χ4v) is 5.92. The molecule has 0 spiro atoms. The molecule has 1 aromatic heterocycles. The van der Waals surface area contributed by atoms with Crippen molar-refractivity contribution in [2.45, 2.75) is 38.4 Å². The lowest BCUT2D eigenvalue weighted by atomic mass is 9.93. The average molecular weight is 835 g/mol. The zero-order valence-electron chi connectivity index (χ0n) is 32.0. The van der Waals surface area contributed by atoms with Crippen molar-refractivity contribution in [1.82, 2.24) is 25.6 Å². The minimum absolute atomic E-state index is 0.00206. The first-order valence-corrected chi connectivity index (χ1v) is 18.6. The number of ether oxygens (including phenoxy) is 2. The van der Waals surface area contributed by atoms with Crippen molar-refractivity contribution in [2.24, 2.45) is 5.41 Å². The van der Waals surface area contributed by atoms with Gasteiger partial charge >= 0.3 is 24.0 Å². The second-order valence-corrected chi connectivity index (χ2v) is 14.9. The first kappa shape index (κ1) is 42.1. The van der Waals surface area contributed by atoms with Crippen molar-refractivity contribution in [1.29, 1.82) is 0 Å². The SMILES string of the molecule is COc1cccc(-c2ccc(NC(=O)C(=O)NCC(C)(C)CNC(=O)c3ccc(Nc4nc(NC5(c6ccc(Cl)cc6)CC5)nc(OCC(F)(F)F)n4)cc3F)cc2)c1. The Balaban J connectivity index is 1.02. The fraction of sp³-hybridized carbons (Fsp3) is 0.268. The summed E-state index contributed by atoms with van der Waals surface area (Å²) in [7, 11) is 1.58. The van der Waals surface area contributed by atoms with E-state index in [9.17, 15) is 27.6 Å². The highest BCUT2D eigenvalue weighted by Crippen LogP contribution is 2.48. The third kappa shape index (κ3) is 11.6. The summed E-state index contributed by atoms with van der Waals surface area (Å²) >= 11 is 6.03. The van der Waals surface area contributed by atoms with E-state index in [0.29, 0.717) is 29.3 Å². The van der Waals surface area contributed by atoms with E-state index in [0.717, 1.165) is 22.8 Å². The fourth-order valence-electron chi connectivity index (χ4n) is 5.79. The minimum Gasteiger partial charge on any atom is -0.497 e. The molecule has 0 atom stereocenters. The molecular formula is C41H39ClF4N8O5. The molecule has 59 heavy (non-hydrogen) atoms. The van der Waals surface area contributed by atoms with Crippen molar-refractivity contribution >= 4 is 52.6 Å². The number of hydrogen-bond acceptors (Lipinski definition) is 10. The Morgan fingerprint density at radius 1 is 0.797 bits per heavy atom. The van der Waals surface area contributed by atoms with Crippen LogP contribution in [0.15, 0.2) is 91.0 Å². The predicted molar refractivity (Wildman–Crippen MR) is 213 cm³/mol. The molecule has 308 valence electrons. The average Bonchev–Trinajstić information content (AvgIpc) is 3.98. The Bertz CT molecular complexity index is 2320. The topological polar surface area (TPSA) is 168 Å². The maximum absolute atomic E-state index is 15.3. The van der Waals surface area contributed by atoms with Crippen LogP contribution < -0.4 is 36.1 Å². The molecule has 6 rings (SSSR count). The lowest BCUT2D eigenvalue weighted by molar-refractivity contribution is -0.154.